The van der Waals surface area contributed by atoms with Crippen LogP contribution >= 0.6 is 34.5 Å². The second kappa shape index (κ2) is 5.17. The van der Waals surface area contributed by atoms with Crippen molar-refractivity contribution in [2.45, 2.75) is 12.8 Å². The van der Waals surface area contributed by atoms with Crippen LogP contribution in [-0.4, -0.2) is 23.4 Å². The maximum absolute atomic E-state index is 8.79. The third kappa shape index (κ3) is 2.58. The monoisotopic (exact) mass is 240 g/mol. The summed E-state index contributed by atoms with van der Waals surface area (Å²) in [6.45, 7) is 0.122. The second-order valence-electron chi connectivity index (χ2n) is 2.54. The highest BCUT2D eigenvalue weighted by atomic mass is 35.5. The van der Waals surface area contributed by atoms with E-state index in [-0.39, 0.29) is 13.2 Å². The van der Waals surface area contributed by atoms with Crippen molar-refractivity contribution >= 4 is 34.5 Å². The summed E-state index contributed by atoms with van der Waals surface area (Å²) in [6, 6.07) is 0. The van der Waals surface area contributed by atoms with Crippen LogP contribution in [0.15, 0.2) is 0 Å². The van der Waals surface area contributed by atoms with Crippen molar-refractivity contribution in [3.63, 3.8) is 0 Å². The minimum atomic E-state index is 0.0468. The number of rotatable bonds is 4. The lowest BCUT2D eigenvalue weighted by Crippen LogP contribution is -1.96. The standard InChI is InChI=1S/C8H10Cl2O2S/c9-7-5(1-3-11)6(2-4-12)13-8(7)10/h11-12H,1-4H2. The molecule has 0 unspecified atom stereocenters. The highest BCUT2D eigenvalue weighted by molar-refractivity contribution is 7.17. The summed E-state index contributed by atoms with van der Waals surface area (Å²) in [5.41, 5.74) is 0.869. The first-order valence-corrected chi connectivity index (χ1v) is 5.45. The van der Waals surface area contributed by atoms with Crippen LogP contribution in [0.4, 0.5) is 0 Å². The van der Waals surface area contributed by atoms with Crippen LogP contribution in [0, 0.1) is 0 Å². The highest BCUT2D eigenvalue weighted by Crippen LogP contribution is 2.37. The minimum absolute atomic E-state index is 0.0468. The molecule has 0 spiro atoms. The largest absolute Gasteiger partial charge is 0.396 e. The van der Waals surface area contributed by atoms with Gasteiger partial charge < -0.3 is 10.2 Å². The Morgan fingerprint density at radius 1 is 1.08 bits per heavy atom. The molecular weight excluding hydrogens is 231 g/mol. The minimum Gasteiger partial charge on any atom is -0.396 e. The maximum Gasteiger partial charge on any atom is 0.112 e. The lowest BCUT2D eigenvalue weighted by Gasteiger charge is -1.99. The molecular formula is C8H10Cl2O2S. The number of aliphatic hydroxyl groups is 2. The van der Waals surface area contributed by atoms with Crippen molar-refractivity contribution in [2.24, 2.45) is 0 Å². The van der Waals surface area contributed by atoms with Gasteiger partial charge >= 0.3 is 0 Å². The van der Waals surface area contributed by atoms with Gasteiger partial charge in [-0.25, -0.2) is 0 Å². The van der Waals surface area contributed by atoms with Gasteiger partial charge in [0, 0.05) is 24.5 Å². The summed E-state index contributed by atoms with van der Waals surface area (Å²) < 4.78 is 0.536. The first-order chi connectivity index (χ1) is 6.20. The molecule has 1 rings (SSSR count). The zero-order valence-electron chi connectivity index (χ0n) is 6.89. The van der Waals surface area contributed by atoms with Crippen molar-refractivity contribution in [3.8, 4) is 0 Å². The molecule has 0 bridgehead atoms. The fraction of sp³-hybridized carbons (Fsp3) is 0.500. The van der Waals surface area contributed by atoms with E-state index in [1.807, 2.05) is 0 Å². The van der Waals surface area contributed by atoms with Gasteiger partial charge in [-0.05, 0) is 12.0 Å². The number of aliphatic hydroxyl groups excluding tert-OH is 2. The van der Waals surface area contributed by atoms with E-state index in [2.05, 4.69) is 0 Å². The zero-order chi connectivity index (χ0) is 9.84. The SMILES string of the molecule is OCCc1sc(Cl)c(Cl)c1CCO. The van der Waals surface area contributed by atoms with E-state index in [9.17, 15) is 0 Å². The lowest BCUT2D eigenvalue weighted by molar-refractivity contribution is 0.294. The Balaban J connectivity index is 2.96. The molecule has 13 heavy (non-hydrogen) atoms. The molecule has 0 aromatic carbocycles. The van der Waals surface area contributed by atoms with Crippen LogP contribution in [0.2, 0.25) is 9.36 Å². The molecule has 0 amide bonds. The Hall–Kier alpha value is 0.200. The van der Waals surface area contributed by atoms with Crippen LogP contribution < -0.4 is 0 Å². The maximum atomic E-state index is 8.79. The zero-order valence-corrected chi connectivity index (χ0v) is 9.22. The summed E-state index contributed by atoms with van der Waals surface area (Å²) in [5, 5.41) is 18.1. The van der Waals surface area contributed by atoms with Gasteiger partial charge in [0.1, 0.15) is 4.34 Å². The van der Waals surface area contributed by atoms with Gasteiger partial charge in [0.2, 0.25) is 0 Å². The van der Waals surface area contributed by atoms with Crippen molar-refractivity contribution in [1.29, 1.82) is 0 Å². The van der Waals surface area contributed by atoms with E-state index in [4.69, 9.17) is 33.4 Å². The lowest BCUT2D eigenvalue weighted by atomic mass is 10.1. The van der Waals surface area contributed by atoms with Crippen molar-refractivity contribution in [1.82, 2.24) is 0 Å². The molecule has 0 aliphatic rings. The fourth-order valence-corrected chi connectivity index (χ4v) is 2.84. The Kier molecular flexibility index (Phi) is 4.49. The second-order valence-corrected chi connectivity index (χ2v) is 4.62. The molecule has 1 aromatic heterocycles. The summed E-state index contributed by atoms with van der Waals surface area (Å²) in [7, 11) is 0. The predicted molar refractivity (Wildman–Crippen MR) is 55.9 cm³/mol. The van der Waals surface area contributed by atoms with Crippen LogP contribution in [-0.2, 0) is 12.8 Å². The van der Waals surface area contributed by atoms with Crippen LogP contribution in [0.1, 0.15) is 10.4 Å². The Morgan fingerprint density at radius 3 is 2.23 bits per heavy atom. The molecule has 2 nitrogen and oxygen atoms in total. The van der Waals surface area contributed by atoms with Gasteiger partial charge in [-0.15, -0.1) is 11.3 Å². The van der Waals surface area contributed by atoms with Gasteiger partial charge in [0.05, 0.1) is 5.02 Å². The van der Waals surface area contributed by atoms with Crippen LogP contribution in [0.3, 0.4) is 0 Å². The van der Waals surface area contributed by atoms with Gasteiger partial charge in [-0.2, -0.15) is 0 Å². The first-order valence-electron chi connectivity index (χ1n) is 3.88. The molecule has 0 saturated carbocycles. The molecule has 0 atom stereocenters. The average Bonchev–Trinajstić information content (AvgIpc) is 2.34. The number of halogens is 2. The van der Waals surface area contributed by atoms with E-state index in [1.165, 1.54) is 11.3 Å². The summed E-state index contributed by atoms with van der Waals surface area (Å²) in [4.78, 5) is 0.964. The van der Waals surface area contributed by atoms with Gasteiger partial charge in [-0.1, -0.05) is 23.2 Å². The third-order valence-corrected chi connectivity index (χ3v) is 3.81. The van der Waals surface area contributed by atoms with E-state index in [1.54, 1.807) is 0 Å². The molecule has 0 radical (unpaired) electrons. The van der Waals surface area contributed by atoms with E-state index in [0.29, 0.717) is 22.2 Å². The van der Waals surface area contributed by atoms with Gasteiger partial charge in [-0.3, -0.25) is 0 Å². The molecule has 0 fully saturated rings. The fourth-order valence-electron chi connectivity index (χ4n) is 1.12. The molecule has 2 N–H and O–H groups in total. The molecule has 0 aliphatic carbocycles. The number of thiophene rings is 1. The molecule has 1 heterocycles. The van der Waals surface area contributed by atoms with Crippen molar-refractivity contribution in [3.05, 3.63) is 19.8 Å². The van der Waals surface area contributed by atoms with Gasteiger partial charge in [0.15, 0.2) is 0 Å². The van der Waals surface area contributed by atoms with E-state index >= 15 is 0 Å². The topological polar surface area (TPSA) is 40.5 Å². The molecule has 0 saturated heterocycles. The van der Waals surface area contributed by atoms with Crippen LogP contribution in [0.25, 0.3) is 0 Å². The highest BCUT2D eigenvalue weighted by Gasteiger charge is 2.14. The molecule has 0 aliphatic heterocycles. The van der Waals surface area contributed by atoms with Crippen LogP contribution in [0.5, 0.6) is 0 Å². The Labute approximate surface area is 90.7 Å². The third-order valence-electron chi connectivity index (χ3n) is 1.69. The van der Waals surface area contributed by atoms with E-state index in [0.717, 1.165) is 10.4 Å². The summed E-state index contributed by atoms with van der Waals surface area (Å²) in [5.74, 6) is 0. The quantitative estimate of drug-likeness (QED) is 0.847. The number of hydrogen-bond acceptors (Lipinski definition) is 3. The van der Waals surface area contributed by atoms with Crippen molar-refractivity contribution in [2.75, 3.05) is 13.2 Å². The summed E-state index contributed by atoms with van der Waals surface area (Å²) >= 11 is 13.1. The van der Waals surface area contributed by atoms with Gasteiger partial charge in [0.25, 0.3) is 0 Å². The van der Waals surface area contributed by atoms with Crippen molar-refractivity contribution < 1.29 is 10.2 Å². The molecule has 74 valence electrons. The Morgan fingerprint density at radius 2 is 1.69 bits per heavy atom. The van der Waals surface area contributed by atoms with E-state index < -0.39 is 0 Å². The molecule has 5 heteroatoms. The smallest absolute Gasteiger partial charge is 0.112 e. The first kappa shape index (κ1) is 11.3. The molecule has 1 aromatic rings. The predicted octanol–water partition coefficient (Wildman–Crippen LogP) is 2.12. The normalized spacial score (nSPS) is 10.8. The average molecular weight is 241 g/mol. The summed E-state index contributed by atoms with van der Waals surface area (Å²) in [6.07, 6.45) is 1.05. The Bertz CT molecular complexity index is 286. The number of hydrogen-bond donors (Lipinski definition) is 2.